The molecule has 0 aromatic carbocycles. The molecule has 1 amide bonds. The third-order valence-electron chi connectivity index (χ3n) is 2.20. The molecule has 1 N–H and O–H groups in total. The monoisotopic (exact) mass is 157 g/mol. The minimum atomic E-state index is -0.455. The van der Waals surface area contributed by atoms with E-state index in [1.165, 1.54) is 0 Å². The van der Waals surface area contributed by atoms with Crippen molar-refractivity contribution < 1.29 is 14.6 Å². The number of rotatable bonds is 1. The molecule has 2 aliphatic heterocycles. The number of likely N-dealkylation sites (tertiary alicyclic amines) is 1. The Morgan fingerprint density at radius 2 is 2.27 bits per heavy atom. The van der Waals surface area contributed by atoms with Gasteiger partial charge in [-0.15, -0.1) is 0 Å². The highest BCUT2D eigenvalue weighted by atomic mass is 16.5. The molecule has 0 saturated carbocycles. The Morgan fingerprint density at radius 3 is 2.64 bits per heavy atom. The zero-order valence-electron chi connectivity index (χ0n) is 6.19. The van der Waals surface area contributed by atoms with E-state index in [0.717, 1.165) is 0 Å². The van der Waals surface area contributed by atoms with Gasteiger partial charge in [-0.2, -0.15) is 0 Å². The third kappa shape index (κ3) is 1.12. The van der Waals surface area contributed by atoms with Crippen molar-refractivity contribution in [2.75, 3.05) is 19.8 Å². The molecular weight excluding hydrogens is 146 g/mol. The predicted octanol–water partition coefficient (Wildman–Crippen LogP) is -1.02. The first-order valence-electron chi connectivity index (χ1n) is 3.82. The van der Waals surface area contributed by atoms with Crippen LogP contribution >= 0.6 is 0 Å². The Labute approximate surface area is 64.7 Å². The van der Waals surface area contributed by atoms with Crippen LogP contribution in [0.25, 0.3) is 0 Å². The fourth-order valence-electron chi connectivity index (χ4n) is 1.47. The standard InChI is InChI=1S/C7H11NO3/c9-6-1-7(10)8(2-6)5-3-11-4-5/h5-6,9H,1-4H2/t6-/m1/s1. The van der Waals surface area contributed by atoms with Gasteiger partial charge in [-0.25, -0.2) is 0 Å². The molecule has 2 fully saturated rings. The second kappa shape index (κ2) is 2.46. The second-order valence-corrected chi connectivity index (χ2v) is 3.10. The van der Waals surface area contributed by atoms with E-state index < -0.39 is 6.10 Å². The molecule has 4 nitrogen and oxygen atoms in total. The summed E-state index contributed by atoms with van der Waals surface area (Å²) in [6.07, 6.45) is -0.167. The largest absolute Gasteiger partial charge is 0.391 e. The smallest absolute Gasteiger partial charge is 0.225 e. The first kappa shape index (κ1) is 7.06. The Balaban J connectivity index is 1.97. The summed E-state index contributed by atoms with van der Waals surface area (Å²) in [6, 6.07) is 0.236. The Morgan fingerprint density at radius 1 is 1.55 bits per heavy atom. The van der Waals surface area contributed by atoms with Crippen molar-refractivity contribution in [1.82, 2.24) is 4.90 Å². The summed E-state index contributed by atoms with van der Waals surface area (Å²) >= 11 is 0. The zero-order valence-corrected chi connectivity index (χ0v) is 6.19. The van der Waals surface area contributed by atoms with E-state index in [2.05, 4.69) is 0 Å². The van der Waals surface area contributed by atoms with E-state index in [1.54, 1.807) is 4.90 Å². The summed E-state index contributed by atoms with van der Waals surface area (Å²) < 4.78 is 4.96. The summed E-state index contributed by atoms with van der Waals surface area (Å²) in [5, 5.41) is 9.14. The number of hydrogen-bond acceptors (Lipinski definition) is 3. The highest BCUT2D eigenvalue weighted by molar-refractivity contribution is 5.79. The molecule has 2 aliphatic rings. The number of aliphatic hydroxyl groups is 1. The van der Waals surface area contributed by atoms with E-state index >= 15 is 0 Å². The van der Waals surface area contributed by atoms with E-state index in [9.17, 15) is 4.79 Å². The molecule has 11 heavy (non-hydrogen) atoms. The minimum absolute atomic E-state index is 0.0609. The average molecular weight is 157 g/mol. The van der Waals surface area contributed by atoms with E-state index in [0.29, 0.717) is 19.8 Å². The number of hydrogen-bond donors (Lipinski definition) is 1. The van der Waals surface area contributed by atoms with Crippen LogP contribution in [0.3, 0.4) is 0 Å². The molecule has 0 bridgehead atoms. The molecule has 0 aliphatic carbocycles. The van der Waals surface area contributed by atoms with Crippen molar-refractivity contribution in [2.45, 2.75) is 18.6 Å². The predicted molar refractivity (Wildman–Crippen MR) is 36.9 cm³/mol. The lowest BCUT2D eigenvalue weighted by Gasteiger charge is -2.34. The number of carbonyl (C=O) groups is 1. The zero-order chi connectivity index (χ0) is 7.84. The lowest BCUT2D eigenvalue weighted by Crippen LogP contribution is -2.49. The van der Waals surface area contributed by atoms with Crippen molar-refractivity contribution in [3.63, 3.8) is 0 Å². The van der Waals surface area contributed by atoms with Gasteiger partial charge in [0.1, 0.15) is 0 Å². The van der Waals surface area contributed by atoms with Crippen LogP contribution in [0, 0.1) is 0 Å². The quantitative estimate of drug-likeness (QED) is 0.530. The summed E-state index contributed by atoms with van der Waals surface area (Å²) in [5.74, 6) is 0.0609. The van der Waals surface area contributed by atoms with Crippen LogP contribution in [-0.4, -0.2) is 47.8 Å². The van der Waals surface area contributed by atoms with Crippen LogP contribution in [0.4, 0.5) is 0 Å². The van der Waals surface area contributed by atoms with Gasteiger partial charge in [0.15, 0.2) is 0 Å². The highest BCUT2D eigenvalue weighted by Crippen LogP contribution is 2.18. The molecule has 0 aromatic rings. The van der Waals surface area contributed by atoms with Crippen molar-refractivity contribution in [3.8, 4) is 0 Å². The maximum atomic E-state index is 11.1. The average Bonchev–Trinajstić information content (AvgIpc) is 2.07. The fourth-order valence-corrected chi connectivity index (χ4v) is 1.47. The number of aliphatic hydroxyl groups excluding tert-OH is 1. The van der Waals surface area contributed by atoms with Gasteiger partial charge in [0.2, 0.25) is 5.91 Å². The van der Waals surface area contributed by atoms with Gasteiger partial charge in [-0.3, -0.25) is 4.79 Å². The lowest BCUT2D eigenvalue weighted by molar-refractivity contribution is -0.139. The molecule has 62 valence electrons. The van der Waals surface area contributed by atoms with Crippen LogP contribution in [0.1, 0.15) is 6.42 Å². The van der Waals surface area contributed by atoms with Crippen molar-refractivity contribution in [3.05, 3.63) is 0 Å². The minimum Gasteiger partial charge on any atom is -0.391 e. The maximum absolute atomic E-state index is 11.1. The van der Waals surface area contributed by atoms with Crippen LogP contribution in [0.15, 0.2) is 0 Å². The summed E-state index contributed by atoms with van der Waals surface area (Å²) in [6.45, 7) is 1.77. The van der Waals surface area contributed by atoms with E-state index in [4.69, 9.17) is 9.84 Å². The van der Waals surface area contributed by atoms with E-state index in [1.807, 2.05) is 0 Å². The molecule has 1 atom stereocenters. The van der Waals surface area contributed by atoms with Crippen LogP contribution in [0.2, 0.25) is 0 Å². The van der Waals surface area contributed by atoms with Crippen LogP contribution < -0.4 is 0 Å². The third-order valence-corrected chi connectivity index (χ3v) is 2.20. The highest BCUT2D eigenvalue weighted by Gasteiger charge is 2.36. The van der Waals surface area contributed by atoms with Gasteiger partial charge in [-0.1, -0.05) is 0 Å². The maximum Gasteiger partial charge on any atom is 0.225 e. The molecule has 0 radical (unpaired) electrons. The van der Waals surface area contributed by atoms with Crippen molar-refractivity contribution >= 4 is 5.91 Å². The SMILES string of the molecule is O=C1C[C@@H](O)CN1C1COC1. The number of amides is 1. The fraction of sp³-hybridized carbons (Fsp3) is 0.857. The molecule has 2 saturated heterocycles. The van der Waals surface area contributed by atoms with Gasteiger partial charge in [0.25, 0.3) is 0 Å². The van der Waals surface area contributed by atoms with Crippen LogP contribution in [0.5, 0.6) is 0 Å². The normalized spacial score (nSPS) is 32.6. The number of nitrogens with zero attached hydrogens (tertiary/aromatic N) is 1. The number of ether oxygens (including phenoxy) is 1. The second-order valence-electron chi connectivity index (χ2n) is 3.10. The molecule has 0 aromatic heterocycles. The molecular formula is C7H11NO3. The first-order chi connectivity index (χ1) is 5.27. The Kier molecular flexibility index (Phi) is 1.58. The van der Waals surface area contributed by atoms with Gasteiger partial charge >= 0.3 is 0 Å². The van der Waals surface area contributed by atoms with Crippen LogP contribution in [-0.2, 0) is 9.53 Å². The van der Waals surface area contributed by atoms with Gasteiger partial charge < -0.3 is 14.7 Å². The first-order valence-corrected chi connectivity index (χ1v) is 3.82. The molecule has 4 heteroatoms. The lowest BCUT2D eigenvalue weighted by atomic mass is 10.2. The summed E-state index contributed by atoms with van der Waals surface area (Å²) in [7, 11) is 0. The summed E-state index contributed by atoms with van der Waals surface area (Å²) in [5.41, 5.74) is 0. The van der Waals surface area contributed by atoms with Crippen molar-refractivity contribution in [1.29, 1.82) is 0 Å². The Bertz CT molecular complexity index is 179. The summed E-state index contributed by atoms with van der Waals surface area (Å²) in [4.78, 5) is 12.8. The molecule has 0 unspecified atom stereocenters. The number of β-amino-alcohol motifs (C(OH)–C–C–N with tert-alkyl or cyclic N) is 1. The van der Waals surface area contributed by atoms with E-state index in [-0.39, 0.29) is 18.4 Å². The van der Waals surface area contributed by atoms with Crippen molar-refractivity contribution in [2.24, 2.45) is 0 Å². The van der Waals surface area contributed by atoms with Gasteiger partial charge in [-0.05, 0) is 0 Å². The Hall–Kier alpha value is -0.610. The molecule has 2 heterocycles. The van der Waals surface area contributed by atoms with Gasteiger partial charge in [0.05, 0.1) is 31.8 Å². The molecule has 2 rings (SSSR count). The number of carbonyl (C=O) groups excluding carboxylic acids is 1. The topological polar surface area (TPSA) is 49.8 Å². The van der Waals surface area contributed by atoms with Gasteiger partial charge in [0, 0.05) is 6.54 Å². The molecule has 0 spiro atoms.